The Morgan fingerprint density at radius 2 is 1.87 bits per heavy atom. The van der Waals surface area contributed by atoms with Gasteiger partial charge in [-0.15, -0.1) is 0 Å². The van der Waals surface area contributed by atoms with Gasteiger partial charge in [0.1, 0.15) is 5.75 Å². The Morgan fingerprint density at radius 3 is 2.53 bits per heavy atom. The van der Waals surface area contributed by atoms with Crippen molar-refractivity contribution in [1.29, 1.82) is 0 Å². The van der Waals surface area contributed by atoms with E-state index in [-0.39, 0.29) is 30.8 Å². The first-order chi connectivity index (χ1) is 14.4. The van der Waals surface area contributed by atoms with Crippen molar-refractivity contribution in [1.82, 2.24) is 5.32 Å². The van der Waals surface area contributed by atoms with Gasteiger partial charge in [0.05, 0.1) is 18.7 Å². The molecule has 164 valence electrons. The van der Waals surface area contributed by atoms with E-state index < -0.39 is 18.0 Å². The topological polar surface area (TPSA) is 84.9 Å². The predicted octanol–water partition coefficient (Wildman–Crippen LogP) is 3.13. The number of nitrogens with zero attached hydrogens (tertiary/aromatic N) is 1. The Labute approximate surface area is 178 Å². The van der Waals surface area contributed by atoms with Crippen molar-refractivity contribution in [2.45, 2.75) is 70.9 Å². The molecule has 1 aromatic rings. The third-order valence-corrected chi connectivity index (χ3v) is 5.95. The molecule has 2 atom stereocenters. The van der Waals surface area contributed by atoms with Crippen molar-refractivity contribution in [3.8, 4) is 5.75 Å². The van der Waals surface area contributed by atoms with Crippen molar-refractivity contribution in [2.75, 3.05) is 18.6 Å². The summed E-state index contributed by atoms with van der Waals surface area (Å²) in [6.07, 6.45) is 5.76. The Kier molecular flexibility index (Phi) is 7.34. The molecule has 0 spiro atoms. The van der Waals surface area contributed by atoms with Gasteiger partial charge in [-0.05, 0) is 44.4 Å². The first-order valence-corrected chi connectivity index (χ1v) is 10.8. The van der Waals surface area contributed by atoms with Crippen LogP contribution < -0.4 is 15.0 Å². The summed E-state index contributed by atoms with van der Waals surface area (Å²) >= 11 is 0. The molecule has 1 saturated carbocycles. The average Bonchev–Trinajstić information content (AvgIpc) is 2.93. The maximum atomic E-state index is 12.6. The number of carbonyl (C=O) groups excluding carboxylic acids is 3. The maximum Gasteiger partial charge on any atom is 0.312 e. The van der Waals surface area contributed by atoms with Gasteiger partial charge in [-0.1, -0.05) is 31.7 Å². The highest BCUT2D eigenvalue weighted by molar-refractivity contribution is 6.00. The monoisotopic (exact) mass is 416 g/mol. The van der Waals surface area contributed by atoms with Crippen LogP contribution in [-0.2, 0) is 19.1 Å². The number of esters is 1. The lowest BCUT2D eigenvalue weighted by Gasteiger charge is -2.21. The molecule has 1 aliphatic carbocycles. The second-order valence-corrected chi connectivity index (χ2v) is 8.36. The van der Waals surface area contributed by atoms with Crippen LogP contribution in [0.2, 0.25) is 0 Å². The molecule has 30 heavy (non-hydrogen) atoms. The second kappa shape index (κ2) is 9.96. The van der Waals surface area contributed by atoms with Crippen LogP contribution in [0.5, 0.6) is 5.75 Å². The van der Waals surface area contributed by atoms with Gasteiger partial charge in [0, 0.05) is 19.0 Å². The molecule has 2 aliphatic rings. The number of hydrogen-bond donors (Lipinski definition) is 1. The number of aryl methyl sites for hydroxylation is 1. The number of amides is 2. The van der Waals surface area contributed by atoms with E-state index in [1.807, 2.05) is 25.1 Å². The van der Waals surface area contributed by atoms with Gasteiger partial charge in [-0.25, -0.2) is 0 Å². The Morgan fingerprint density at radius 1 is 1.17 bits per heavy atom. The number of anilines is 1. The third kappa shape index (κ3) is 5.32. The minimum absolute atomic E-state index is 0.0624. The summed E-state index contributed by atoms with van der Waals surface area (Å²) in [4.78, 5) is 39.2. The van der Waals surface area contributed by atoms with Gasteiger partial charge in [-0.2, -0.15) is 0 Å². The number of nitrogens with one attached hydrogen (secondary N) is 1. The fraction of sp³-hybridized carbons (Fsp3) is 0.609. The smallest absolute Gasteiger partial charge is 0.312 e. The average molecular weight is 417 g/mol. The number of hydrogen-bond acceptors (Lipinski definition) is 5. The molecule has 0 unspecified atom stereocenters. The SMILES string of the molecule is COc1ccc(C)cc1N1C[C@H](C(=O)O[C@H](C)C(=O)NC2CCCCCC2)CC1=O. The molecule has 0 radical (unpaired) electrons. The van der Waals surface area contributed by atoms with E-state index in [4.69, 9.17) is 9.47 Å². The van der Waals surface area contributed by atoms with Crippen LogP contribution in [-0.4, -0.2) is 43.6 Å². The van der Waals surface area contributed by atoms with Crippen molar-refractivity contribution < 1.29 is 23.9 Å². The summed E-state index contributed by atoms with van der Waals surface area (Å²) < 4.78 is 10.8. The van der Waals surface area contributed by atoms with Gasteiger partial charge in [0.25, 0.3) is 5.91 Å². The minimum atomic E-state index is -0.876. The highest BCUT2D eigenvalue weighted by Gasteiger charge is 2.38. The number of benzene rings is 1. The molecule has 1 N–H and O–H groups in total. The summed E-state index contributed by atoms with van der Waals surface area (Å²) in [6, 6.07) is 5.73. The molecular weight excluding hydrogens is 384 g/mol. The Hall–Kier alpha value is -2.57. The molecule has 2 fully saturated rings. The van der Waals surface area contributed by atoms with Crippen LogP contribution in [0.15, 0.2) is 18.2 Å². The van der Waals surface area contributed by atoms with Gasteiger partial charge in [-0.3, -0.25) is 14.4 Å². The molecule has 1 saturated heterocycles. The fourth-order valence-corrected chi connectivity index (χ4v) is 4.18. The van der Waals surface area contributed by atoms with E-state index in [1.165, 1.54) is 12.8 Å². The van der Waals surface area contributed by atoms with Crippen LogP contribution in [0, 0.1) is 12.8 Å². The zero-order valence-corrected chi connectivity index (χ0v) is 18.1. The largest absolute Gasteiger partial charge is 0.495 e. The Bertz CT molecular complexity index is 786. The summed E-state index contributed by atoms with van der Waals surface area (Å²) in [5.74, 6) is -0.954. The third-order valence-electron chi connectivity index (χ3n) is 5.95. The molecular formula is C23H32N2O5. The number of carbonyl (C=O) groups is 3. The molecule has 1 aliphatic heterocycles. The molecule has 0 aromatic heterocycles. The van der Waals surface area contributed by atoms with Crippen molar-refractivity contribution in [3.05, 3.63) is 23.8 Å². The van der Waals surface area contributed by atoms with Crippen LogP contribution >= 0.6 is 0 Å². The van der Waals surface area contributed by atoms with E-state index in [0.717, 1.165) is 31.2 Å². The molecule has 1 heterocycles. The zero-order valence-electron chi connectivity index (χ0n) is 18.1. The lowest BCUT2D eigenvalue weighted by molar-refractivity contribution is -0.158. The van der Waals surface area contributed by atoms with Gasteiger partial charge in [0.2, 0.25) is 5.91 Å². The Balaban J connectivity index is 1.57. The van der Waals surface area contributed by atoms with Gasteiger partial charge >= 0.3 is 5.97 Å². The fourth-order valence-electron chi connectivity index (χ4n) is 4.18. The standard InChI is InChI=1S/C23H32N2O5/c1-15-10-11-20(29-3)19(12-15)25-14-17(13-21(25)26)23(28)30-16(2)22(27)24-18-8-6-4-5-7-9-18/h10-12,16-18H,4-9,13-14H2,1-3H3,(H,24,27)/t16-,17-/m1/s1. The van der Waals surface area contributed by atoms with E-state index in [2.05, 4.69) is 5.32 Å². The molecule has 1 aromatic carbocycles. The van der Waals surface area contributed by atoms with Gasteiger partial charge in [0.15, 0.2) is 6.10 Å². The lowest BCUT2D eigenvalue weighted by atomic mass is 10.1. The van der Waals surface area contributed by atoms with Crippen LogP contribution in [0.3, 0.4) is 0 Å². The predicted molar refractivity (Wildman–Crippen MR) is 113 cm³/mol. The minimum Gasteiger partial charge on any atom is -0.495 e. The molecule has 3 rings (SSSR count). The van der Waals surface area contributed by atoms with E-state index in [9.17, 15) is 14.4 Å². The van der Waals surface area contributed by atoms with Crippen molar-refractivity contribution >= 4 is 23.5 Å². The first-order valence-electron chi connectivity index (χ1n) is 10.8. The van der Waals surface area contributed by atoms with E-state index in [0.29, 0.717) is 11.4 Å². The van der Waals surface area contributed by atoms with Crippen LogP contribution in [0.4, 0.5) is 5.69 Å². The van der Waals surface area contributed by atoms with Crippen LogP contribution in [0.1, 0.15) is 57.4 Å². The van der Waals surface area contributed by atoms with Crippen molar-refractivity contribution in [2.24, 2.45) is 5.92 Å². The summed E-state index contributed by atoms with van der Waals surface area (Å²) in [5, 5.41) is 3.01. The molecule has 7 heteroatoms. The summed E-state index contributed by atoms with van der Waals surface area (Å²) in [6.45, 7) is 3.74. The quantitative estimate of drug-likeness (QED) is 0.569. The number of rotatable bonds is 6. The second-order valence-electron chi connectivity index (χ2n) is 8.36. The number of methoxy groups -OCH3 is 1. The highest BCUT2D eigenvalue weighted by Crippen LogP contribution is 2.34. The van der Waals surface area contributed by atoms with E-state index in [1.54, 1.807) is 18.9 Å². The van der Waals surface area contributed by atoms with Crippen molar-refractivity contribution in [3.63, 3.8) is 0 Å². The zero-order chi connectivity index (χ0) is 21.7. The number of ether oxygens (including phenoxy) is 2. The van der Waals surface area contributed by atoms with E-state index >= 15 is 0 Å². The molecule has 7 nitrogen and oxygen atoms in total. The molecule has 2 amide bonds. The highest BCUT2D eigenvalue weighted by atomic mass is 16.5. The maximum absolute atomic E-state index is 12.6. The lowest BCUT2D eigenvalue weighted by Crippen LogP contribution is -2.42. The normalized spacial score (nSPS) is 21.1. The van der Waals surface area contributed by atoms with Gasteiger partial charge < -0.3 is 19.7 Å². The summed E-state index contributed by atoms with van der Waals surface area (Å²) in [5.41, 5.74) is 1.64. The van der Waals surface area contributed by atoms with Crippen LogP contribution in [0.25, 0.3) is 0 Å². The summed E-state index contributed by atoms with van der Waals surface area (Å²) in [7, 11) is 1.55. The molecule has 0 bridgehead atoms. The first kappa shape index (κ1) is 22.1.